The molecule has 1 atom stereocenters. The number of nitrogens with one attached hydrogen (secondary N) is 3. The molecule has 0 aliphatic rings. The zero-order valence-electron chi connectivity index (χ0n) is 16.5. The van der Waals surface area contributed by atoms with Gasteiger partial charge in [-0.2, -0.15) is 5.10 Å². The number of rotatable bonds is 7. The van der Waals surface area contributed by atoms with Crippen molar-refractivity contribution in [3.05, 3.63) is 72.9 Å². The van der Waals surface area contributed by atoms with Crippen LogP contribution in [-0.4, -0.2) is 31.6 Å². The van der Waals surface area contributed by atoms with E-state index in [1.807, 2.05) is 24.4 Å². The summed E-state index contributed by atoms with van der Waals surface area (Å²) < 4.78 is 1.48. The highest BCUT2D eigenvalue weighted by molar-refractivity contribution is 5.94. The number of para-hydroxylation sites is 1. The van der Waals surface area contributed by atoms with E-state index in [0.29, 0.717) is 24.2 Å². The van der Waals surface area contributed by atoms with Crippen LogP contribution in [0.3, 0.4) is 0 Å². The van der Waals surface area contributed by atoms with Gasteiger partial charge < -0.3 is 15.6 Å². The lowest BCUT2D eigenvalue weighted by molar-refractivity contribution is -0.119. The Labute approximate surface area is 173 Å². The summed E-state index contributed by atoms with van der Waals surface area (Å²) in [6.07, 6.45) is 5.88. The summed E-state index contributed by atoms with van der Waals surface area (Å²) in [5, 5.41) is 10.8. The van der Waals surface area contributed by atoms with E-state index in [4.69, 9.17) is 0 Å². The second-order valence-electron chi connectivity index (χ2n) is 7.03. The molecule has 0 radical (unpaired) electrons. The van der Waals surface area contributed by atoms with Gasteiger partial charge in [-0.25, -0.2) is 9.67 Å². The van der Waals surface area contributed by atoms with Crippen molar-refractivity contribution in [1.29, 1.82) is 0 Å². The molecule has 152 valence electrons. The Hall–Kier alpha value is -3.94. The van der Waals surface area contributed by atoms with Crippen LogP contribution in [0.5, 0.6) is 0 Å². The van der Waals surface area contributed by atoms with Gasteiger partial charge in [0.25, 0.3) is 0 Å². The normalized spacial score (nSPS) is 11.9. The number of anilines is 2. The summed E-state index contributed by atoms with van der Waals surface area (Å²) in [4.78, 5) is 31.7. The van der Waals surface area contributed by atoms with Crippen molar-refractivity contribution < 1.29 is 9.59 Å². The van der Waals surface area contributed by atoms with Gasteiger partial charge in [0.15, 0.2) is 0 Å². The quantitative estimate of drug-likeness (QED) is 0.440. The van der Waals surface area contributed by atoms with Gasteiger partial charge in [0, 0.05) is 34.9 Å². The molecule has 2 aromatic carbocycles. The Morgan fingerprint density at radius 3 is 2.53 bits per heavy atom. The van der Waals surface area contributed by atoms with E-state index in [1.165, 1.54) is 17.3 Å². The van der Waals surface area contributed by atoms with Crippen LogP contribution in [0, 0.1) is 0 Å². The fourth-order valence-corrected chi connectivity index (χ4v) is 3.23. The highest BCUT2D eigenvalue weighted by Gasteiger charge is 2.15. The summed E-state index contributed by atoms with van der Waals surface area (Å²) in [5.74, 6) is -0.257. The molecule has 4 rings (SSSR count). The van der Waals surface area contributed by atoms with E-state index in [-0.39, 0.29) is 11.8 Å². The number of aromatic nitrogens is 4. The number of H-pyrrole nitrogens is 1. The van der Waals surface area contributed by atoms with Crippen LogP contribution in [0.4, 0.5) is 11.4 Å². The minimum atomic E-state index is -0.476. The molecule has 4 aromatic rings. The van der Waals surface area contributed by atoms with E-state index < -0.39 is 6.04 Å². The first-order valence-electron chi connectivity index (χ1n) is 9.70. The zero-order chi connectivity index (χ0) is 20.9. The maximum Gasteiger partial charge on any atom is 0.249 e. The van der Waals surface area contributed by atoms with E-state index in [1.54, 1.807) is 31.2 Å². The largest absolute Gasteiger partial charge is 0.361 e. The maximum atomic E-state index is 12.3. The number of carbonyl (C=O) groups is 2. The predicted octanol–water partition coefficient (Wildman–Crippen LogP) is 3.53. The molecule has 0 bridgehead atoms. The van der Waals surface area contributed by atoms with E-state index in [2.05, 4.69) is 31.8 Å². The smallest absolute Gasteiger partial charge is 0.249 e. The predicted molar refractivity (Wildman–Crippen MR) is 115 cm³/mol. The molecule has 0 saturated heterocycles. The van der Waals surface area contributed by atoms with Gasteiger partial charge in [0.2, 0.25) is 11.8 Å². The highest BCUT2D eigenvalue weighted by atomic mass is 16.2. The molecule has 8 heteroatoms. The van der Waals surface area contributed by atoms with Crippen molar-refractivity contribution in [1.82, 2.24) is 19.7 Å². The number of fused-ring (bicyclic) bond motifs is 1. The summed E-state index contributed by atoms with van der Waals surface area (Å²) in [6, 6.07) is 14.6. The van der Waals surface area contributed by atoms with Crippen molar-refractivity contribution >= 4 is 34.1 Å². The third kappa shape index (κ3) is 4.38. The molecule has 0 spiro atoms. The molecule has 0 saturated carbocycles. The molecule has 1 unspecified atom stereocenters. The van der Waals surface area contributed by atoms with Crippen molar-refractivity contribution in [2.75, 3.05) is 10.6 Å². The topological polar surface area (TPSA) is 105 Å². The Kier molecular flexibility index (Phi) is 5.56. The van der Waals surface area contributed by atoms with Crippen LogP contribution in [0.1, 0.15) is 24.9 Å². The van der Waals surface area contributed by atoms with Gasteiger partial charge >= 0.3 is 0 Å². The lowest BCUT2D eigenvalue weighted by Crippen LogP contribution is -2.24. The average molecular weight is 402 g/mol. The second-order valence-corrected chi connectivity index (χ2v) is 7.03. The number of aromatic amines is 1. The fourth-order valence-electron chi connectivity index (χ4n) is 3.23. The first-order chi connectivity index (χ1) is 14.6. The number of amides is 2. The van der Waals surface area contributed by atoms with Crippen LogP contribution >= 0.6 is 0 Å². The molecule has 2 amide bonds. The van der Waals surface area contributed by atoms with Gasteiger partial charge in [-0.05, 0) is 49.2 Å². The second kappa shape index (κ2) is 8.60. The first kappa shape index (κ1) is 19.4. The Balaban J connectivity index is 1.29. The molecule has 0 aliphatic carbocycles. The van der Waals surface area contributed by atoms with Crippen molar-refractivity contribution in [3.8, 4) is 0 Å². The van der Waals surface area contributed by atoms with Gasteiger partial charge in [-0.1, -0.05) is 18.2 Å². The number of aryl methyl sites for hydroxylation is 1. The average Bonchev–Trinajstić information content (AvgIpc) is 3.43. The number of carbonyl (C=O) groups excluding carboxylic acids is 2. The Bertz CT molecular complexity index is 1150. The minimum absolute atomic E-state index is 0.0585. The third-order valence-corrected chi connectivity index (χ3v) is 4.95. The molecule has 0 aliphatic heterocycles. The van der Waals surface area contributed by atoms with Crippen LogP contribution in [0.2, 0.25) is 0 Å². The van der Waals surface area contributed by atoms with Crippen molar-refractivity contribution in [2.45, 2.75) is 25.8 Å². The minimum Gasteiger partial charge on any atom is -0.361 e. The molecule has 30 heavy (non-hydrogen) atoms. The molecular formula is C22H22N6O2. The SMILES string of the molecule is CC(C(=O)Nc1ccc(NC(=O)CCc2c[nH]c3ccccc23)cc1)n1cncn1. The fraction of sp³-hybridized carbons (Fsp3) is 0.182. The summed E-state index contributed by atoms with van der Waals surface area (Å²) in [7, 11) is 0. The molecule has 8 nitrogen and oxygen atoms in total. The number of hydrogen-bond acceptors (Lipinski definition) is 4. The van der Waals surface area contributed by atoms with Gasteiger partial charge in [0.05, 0.1) is 0 Å². The molecule has 2 aromatic heterocycles. The summed E-state index contributed by atoms with van der Waals surface area (Å²) in [5.41, 5.74) is 3.52. The number of benzene rings is 2. The first-order valence-corrected chi connectivity index (χ1v) is 9.70. The van der Waals surface area contributed by atoms with Crippen molar-refractivity contribution in [3.63, 3.8) is 0 Å². The van der Waals surface area contributed by atoms with Gasteiger partial charge in [0.1, 0.15) is 18.7 Å². The van der Waals surface area contributed by atoms with E-state index in [0.717, 1.165) is 16.5 Å². The van der Waals surface area contributed by atoms with E-state index in [9.17, 15) is 9.59 Å². The van der Waals surface area contributed by atoms with Gasteiger partial charge in [-0.15, -0.1) is 0 Å². The molecule has 3 N–H and O–H groups in total. The summed E-state index contributed by atoms with van der Waals surface area (Å²) in [6.45, 7) is 1.74. The van der Waals surface area contributed by atoms with Crippen LogP contribution in [-0.2, 0) is 16.0 Å². The zero-order valence-corrected chi connectivity index (χ0v) is 16.5. The maximum absolute atomic E-state index is 12.3. The molecule has 2 heterocycles. The summed E-state index contributed by atoms with van der Waals surface area (Å²) >= 11 is 0. The lowest BCUT2D eigenvalue weighted by atomic mass is 10.1. The third-order valence-electron chi connectivity index (χ3n) is 4.95. The number of hydrogen-bond donors (Lipinski definition) is 3. The van der Waals surface area contributed by atoms with Crippen LogP contribution in [0.15, 0.2) is 67.4 Å². The van der Waals surface area contributed by atoms with Gasteiger partial charge in [-0.3, -0.25) is 9.59 Å². The van der Waals surface area contributed by atoms with Crippen LogP contribution < -0.4 is 10.6 Å². The highest BCUT2D eigenvalue weighted by Crippen LogP contribution is 2.20. The standard InChI is InChI=1S/C22H22N6O2/c1-15(28-14-23-13-25-28)22(30)27-18-9-7-17(8-10-18)26-21(29)11-6-16-12-24-20-5-3-2-4-19(16)20/h2-5,7-10,12-15,24H,6,11H2,1H3,(H,26,29)(H,27,30). The molecule has 0 fully saturated rings. The molecular weight excluding hydrogens is 380 g/mol. The van der Waals surface area contributed by atoms with Crippen molar-refractivity contribution in [2.24, 2.45) is 0 Å². The van der Waals surface area contributed by atoms with Crippen LogP contribution in [0.25, 0.3) is 10.9 Å². The number of nitrogens with zero attached hydrogens (tertiary/aromatic N) is 3. The Morgan fingerprint density at radius 1 is 1.07 bits per heavy atom. The lowest BCUT2D eigenvalue weighted by Gasteiger charge is -2.12. The Morgan fingerprint density at radius 2 is 1.80 bits per heavy atom. The monoisotopic (exact) mass is 402 g/mol. The van der Waals surface area contributed by atoms with E-state index >= 15 is 0 Å².